The smallest absolute Gasteiger partial charge is 0.342 e. The van der Waals surface area contributed by atoms with E-state index in [0.29, 0.717) is 28.0 Å². The lowest BCUT2D eigenvalue weighted by Crippen LogP contribution is -2.24. The highest BCUT2D eigenvalue weighted by Crippen LogP contribution is 2.35. The molecule has 2 aromatic heterocycles. The van der Waals surface area contributed by atoms with Crippen molar-refractivity contribution in [3.8, 4) is 22.6 Å². The Kier molecular flexibility index (Phi) is 6.38. The Morgan fingerprint density at radius 3 is 2.43 bits per heavy atom. The van der Waals surface area contributed by atoms with E-state index in [0.717, 1.165) is 11.0 Å². The van der Waals surface area contributed by atoms with Crippen molar-refractivity contribution in [2.45, 2.75) is 10.9 Å². The molecule has 4 aromatic rings. The number of hydrogen-bond donors (Lipinski definition) is 5. The van der Waals surface area contributed by atoms with Gasteiger partial charge in [0.2, 0.25) is 0 Å². The Hall–Kier alpha value is -4.45. The van der Waals surface area contributed by atoms with Crippen molar-refractivity contribution in [2.24, 2.45) is 0 Å². The van der Waals surface area contributed by atoms with Gasteiger partial charge in [0.1, 0.15) is 28.4 Å². The van der Waals surface area contributed by atoms with Gasteiger partial charge < -0.3 is 35.4 Å². The van der Waals surface area contributed by atoms with E-state index in [1.807, 2.05) is 12.1 Å². The number of hydrogen-bond acceptors (Lipinski definition) is 8. The van der Waals surface area contributed by atoms with Gasteiger partial charge in [-0.1, -0.05) is 17.8 Å². The SMILES string of the molecule is COc1ccc2nc(SCc3cc(-c4c(C(=O)O)c(N)[nH]c(=O)c4C(=O)O)ccc3OC)[nH]c2c1. The van der Waals surface area contributed by atoms with E-state index in [4.69, 9.17) is 15.2 Å². The minimum atomic E-state index is -1.58. The van der Waals surface area contributed by atoms with Gasteiger partial charge in [0, 0.05) is 22.9 Å². The lowest BCUT2D eigenvalue weighted by atomic mass is 9.94. The van der Waals surface area contributed by atoms with Crippen LogP contribution >= 0.6 is 11.8 Å². The number of anilines is 1. The van der Waals surface area contributed by atoms with Crippen molar-refractivity contribution in [3.63, 3.8) is 0 Å². The van der Waals surface area contributed by atoms with Gasteiger partial charge in [0.15, 0.2) is 5.16 Å². The number of carboxylic acid groups (broad SMARTS) is 2. The number of nitrogens with zero attached hydrogens (tertiary/aromatic N) is 1. The van der Waals surface area contributed by atoms with Crippen LogP contribution in [0.2, 0.25) is 0 Å². The molecule has 11 nitrogen and oxygen atoms in total. The van der Waals surface area contributed by atoms with Gasteiger partial charge in [-0.25, -0.2) is 14.6 Å². The molecule has 0 saturated carbocycles. The van der Waals surface area contributed by atoms with E-state index in [2.05, 4.69) is 15.0 Å². The zero-order valence-electron chi connectivity index (χ0n) is 18.5. The van der Waals surface area contributed by atoms with Crippen LogP contribution < -0.4 is 20.8 Å². The zero-order valence-corrected chi connectivity index (χ0v) is 19.4. The molecule has 0 aliphatic carbocycles. The third-order valence-corrected chi connectivity index (χ3v) is 6.20. The number of aromatic nitrogens is 3. The molecule has 0 saturated heterocycles. The summed E-state index contributed by atoms with van der Waals surface area (Å²) in [6.07, 6.45) is 0. The first kappa shape index (κ1) is 23.7. The third-order valence-electron chi connectivity index (χ3n) is 5.27. The van der Waals surface area contributed by atoms with Crippen LogP contribution in [-0.4, -0.2) is 51.3 Å². The Bertz CT molecular complexity index is 1530. The monoisotopic (exact) mass is 496 g/mol. The summed E-state index contributed by atoms with van der Waals surface area (Å²) in [5, 5.41) is 19.9. The lowest BCUT2D eigenvalue weighted by Gasteiger charge is -2.15. The van der Waals surface area contributed by atoms with Crippen LogP contribution in [-0.2, 0) is 5.75 Å². The normalized spacial score (nSPS) is 10.9. The Balaban J connectivity index is 1.77. The molecule has 0 fully saturated rings. The average molecular weight is 497 g/mol. The number of carbonyl (C=O) groups is 2. The summed E-state index contributed by atoms with van der Waals surface area (Å²) in [6, 6.07) is 10.1. The number of nitrogens with two attached hydrogens (primary N) is 1. The fraction of sp³-hybridized carbons (Fsp3) is 0.130. The summed E-state index contributed by atoms with van der Waals surface area (Å²) < 4.78 is 10.7. The second-order valence-electron chi connectivity index (χ2n) is 7.34. The zero-order chi connectivity index (χ0) is 25.3. The van der Waals surface area contributed by atoms with Crippen LogP contribution in [0, 0.1) is 0 Å². The summed E-state index contributed by atoms with van der Waals surface area (Å²) in [5.41, 5.74) is 5.61. The van der Waals surface area contributed by atoms with E-state index in [1.54, 1.807) is 25.3 Å². The van der Waals surface area contributed by atoms with Gasteiger partial charge in [-0.3, -0.25) is 4.79 Å². The standard InChI is InChI=1S/C23H20N4O7S/c1-33-12-4-5-13-14(8-12)26-23(25-13)35-9-11-7-10(3-6-15(11)34-2)16-17(21(29)30)19(24)27-20(28)18(16)22(31)32/h3-8H,9H2,1-2H3,(H,25,26)(H,29,30)(H,31,32)(H3,24,27,28). The molecule has 2 aromatic carbocycles. The highest BCUT2D eigenvalue weighted by atomic mass is 32.2. The maximum atomic E-state index is 12.3. The number of methoxy groups -OCH3 is 2. The number of carboxylic acids is 2. The Morgan fingerprint density at radius 2 is 1.77 bits per heavy atom. The second kappa shape index (κ2) is 9.43. The number of thioether (sulfide) groups is 1. The molecule has 0 amide bonds. The number of imidazole rings is 1. The minimum Gasteiger partial charge on any atom is -0.497 e. The maximum absolute atomic E-state index is 12.3. The highest BCUT2D eigenvalue weighted by Gasteiger charge is 2.27. The van der Waals surface area contributed by atoms with Crippen LogP contribution in [0.25, 0.3) is 22.2 Å². The quantitative estimate of drug-likeness (QED) is 0.227. The molecule has 35 heavy (non-hydrogen) atoms. The number of rotatable bonds is 8. The number of benzene rings is 2. The fourth-order valence-corrected chi connectivity index (χ4v) is 4.55. The number of ether oxygens (including phenoxy) is 2. The number of fused-ring (bicyclic) bond motifs is 1. The van der Waals surface area contributed by atoms with Gasteiger partial charge in [0.05, 0.1) is 25.3 Å². The van der Waals surface area contributed by atoms with Gasteiger partial charge in [-0.05, 0) is 29.8 Å². The van der Waals surface area contributed by atoms with Gasteiger partial charge in [0.25, 0.3) is 5.56 Å². The Labute approximate surface area is 201 Å². The largest absolute Gasteiger partial charge is 0.497 e. The number of nitrogens with one attached hydrogen (secondary N) is 2. The van der Waals surface area contributed by atoms with E-state index in [9.17, 15) is 24.6 Å². The van der Waals surface area contributed by atoms with Crippen molar-refractivity contribution in [1.29, 1.82) is 0 Å². The first-order valence-corrected chi connectivity index (χ1v) is 11.1. The molecule has 0 aliphatic rings. The molecular formula is C23H20N4O7S. The molecule has 6 N–H and O–H groups in total. The lowest BCUT2D eigenvalue weighted by molar-refractivity contribution is 0.0695. The molecule has 0 spiro atoms. The van der Waals surface area contributed by atoms with E-state index < -0.39 is 34.4 Å². The van der Waals surface area contributed by atoms with E-state index in [1.165, 1.54) is 24.9 Å². The van der Waals surface area contributed by atoms with Crippen molar-refractivity contribution in [3.05, 3.63) is 63.4 Å². The molecule has 0 unspecified atom stereocenters. The van der Waals surface area contributed by atoms with Crippen LogP contribution in [0.1, 0.15) is 26.3 Å². The highest BCUT2D eigenvalue weighted by molar-refractivity contribution is 7.98. The molecule has 0 atom stereocenters. The summed E-state index contributed by atoms with van der Waals surface area (Å²) >= 11 is 1.36. The van der Waals surface area contributed by atoms with Gasteiger partial charge in [-0.15, -0.1) is 0 Å². The molecule has 180 valence electrons. The molecule has 2 heterocycles. The van der Waals surface area contributed by atoms with Crippen molar-refractivity contribution in [1.82, 2.24) is 15.0 Å². The average Bonchev–Trinajstić information content (AvgIpc) is 3.23. The van der Waals surface area contributed by atoms with Gasteiger partial charge in [-0.2, -0.15) is 0 Å². The van der Waals surface area contributed by atoms with E-state index >= 15 is 0 Å². The van der Waals surface area contributed by atoms with E-state index in [-0.39, 0.29) is 11.1 Å². The number of H-pyrrole nitrogens is 2. The first-order chi connectivity index (χ1) is 16.7. The molecular weight excluding hydrogens is 476 g/mol. The summed E-state index contributed by atoms with van der Waals surface area (Å²) in [4.78, 5) is 45.9. The number of nitrogen functional groups attached to an aromatic ring is 1. The molecule has 0 bridgehead atoms. The summed E-state index contributed by atoms with van der Waals surface area (Å²) in [7, 11) is 3.05. The predicted molar refractivity (Wildman–Crippen MR) is 130 cm³/mol. The summed E-state index contributed by atoms with van der Waals surface area (Å²) in [5.74, 6) is -1.96. The van der Waals surface area contributed by atoms with Crippen LogP contribution in [0.5, 0.6) is 11.5 Å². The third kappa shape index (κ3) is 4.51. The predicted octanol–water partition coefficient (Wildman–Crippen LogP) is 3.21. The molecule has 4 rings (SSSR count). The van der Waals surface area contributed by atoms with Crippen molar-refractivity contribution >= 4 is 40.6 Å². The molecule has 12 heteroatoms. The van der Waals surface area contributed by atoms with Crippen LogP contribution in [0.4, 0.5) is 5.82 Å². The Morgan fingerprint density at radius 1 is 1.03 bits per heavy atom. The topological polar surface area (TPSA) is 181 Å². The number of aromatic carboxylic acids is 2. The maximum Gasteiger partial charge on any atom is 0.342 e. The van der Waals surface area contributed by atoms with Crippen molar-refractivity contribution in [2.75, 3.05) is 20.0 Å². The number of aromatic amines is 2. The minimum absolute atomic E-state index is 0.198. The number of pyridine rings is 1. The van der Waals surface area contributed by atoms with Crippen molar-refractivity contribution < 1.29 is 29.3 Å². The second-order valence-corrected chi connectivity index (χ2v) is 8.31. The first-order valence-electron chi connectivity index (χ1n) is 10.1. The molecule has 0 aliphatic heterocycles. The van der Waals surface area contributed by atoms with Crippen LogP contribution in [0.15, 0.2) is 46.3 Å². The van der Waals surface area contributed by atoms with Gasteiger partial charge >= 0.3 is 11.9 Å². The van der Waals surface area contributed by atoms with Crippen LogP contribution in [0.3, 0.4) is 0 Å². The summed E-state index contributed by atoms with van der Waals surface area (Å²) in [6.45, 7) is 0. The fourth-order valence-electron chi connectivity index (χ4n) is 3.69. The molecule has 0 radical (unpaired) electrons.